The van der Waals surface area contributed by atoms with Crippen LogP contribution in [0.25, 0.3) is 0 Å². The SMILES string of the molecule is O=C(CCl)NCc1ccc(N2CCOCC2)cc1. The highest BCUT2D eigenvalue weighted by Crippen LogP contribution is 2.16. The van der Waals surface area contributed by atoms with Crippen LogP contribution in [0.2, 0.25) is 0 Å². The molecular formula is C13H17ClN2O2. The molecule has 1 aromatic rings. The molecule has 1 aliphatic heterocycles. The molecule has 1 aromatic carbocycles. The van der Waals surface area contributed by atoms with Crippen LogP contribution >= 0.6 is 11.6 Å². The zero-order valence-corrected chi connectivity index (χ0v) is 10.9. The predicted octanol–water partition coefficient (Wildman–Crippen LogP) is 1.38. The standard InChI is InChI=1S/C13H17ClN2O2/c14-9-13(17)15-10-11-1-3-12(4-2-11)16-5-7-18-8-6-16/h1-4H,5-10H2,(H,15,17). The molecule has 98 valence electrons. The third-order valence-corrected chi connectivity index (χ3v) is 3.17. The molecule has 0 bridgehead atoms. The van der Waals surface area contributed by atoms with Crippen LogP contribution in [0.3, 0.4) is 0 Å². The van der Waals surface area contributed by atoms with E-state index >= 15 is 0 Å². The Morgan fingerprint density at radius 2 is 1.94 bits per heavy atom. The summed E-state index contributed by atoms with van der Waals surface area (Å²) in [5.74, 6) is -0.139. The Hall–Kier alpha value is -1.26. The van der Waals surface area contributed by atoms with Crippen molar-refractivity contribution in [2.75, 3.05) is 37.1 Å². The molecule has 1 fully saturated rings. The van der Waals surface area contributed by atoms with E-state index in [9.17, 15) is 4.79 Å². The largest absolute Gasteiger partial charge is 0.378 e. The number of ether oxygens (including phenoxy) is 1. The quantitative estimate of drug-likeness (QED) is 0.839. The summed E-state index contributed by atoms with van der Waals surface area (Å²) in [4.78, 5) is 13.3. The lowest BCUT2D eigenvalue weighted by Crippen LogP contribution is -2.36. The van der Waals surface area contributed by atoms with Crippen molar-refractivity contribution in [2.45, 2.75) is 6.54 Å². The molecule has 1 heterocycles. The van der Waals surface area contributed by atoms with Gasteiger partial charge in [-0.25, -0.2) is 0 Å². The van der Waals surface area contributed by atoms with Crippen molar-refractivity contribution < 1.29 is 9.53 Å². The number of halogens is 1. The van der Waals surface area contributed by atoms with Crippen molar-refractivity contribution in [1.82, 2.24) is 5.32 Å². The highest BCUT2D eigenvalue weighted by Gasteiger charge is 2.10. The van der Waals surface area contributed by atoms with Crippen LogP contribution in [0.1, 0.15) is 5.56 Å². The Kier molecular flexibility index (Phi) is 4.84. The summed E-state index contributed by atoms with van der Waals surface area (Å²) in [5, 5.41) is 2.74. The van der Waals surface area contributed by atoms with E-state index in [1.54, 1.807) is 0 Å². The van der Waals surface area contributed by atoms with Crippen LogP contribution in [-0.4, -0.2) is 38.1 Å². The molecule has 1 amide bonds. The number of hydrogen-bond donors (Lipinski definition) is 1. The molecule has 2 rings (SSSR count). The summed E-state index contributed by atoms with van der Waals surface area (Å²) in [6.45, 7) is 3.96. The van der Waals surface area contributed by atoms with Crippen molar-refractivity contribution in [3.63, 3.8) is 0 Å². The third-order valence-electron chi connectivity index (χ3n) is 2.92. The first-order chi connectivity index (χ1) is 8.79. The van der Waals surface area contributed by atoms with Gasteiger partial charge in [-0.05, 0) is 17.7 Å². The number of amides is 1. The number of morpholine rings is 1. The predicted molar refractivity (Wildman–Crippen MR) is 72.0 cm³/mol. The molecule has 0 aliphatic carbocycles. The molecule has 0 saturated carbocycles. The van der Waals surface area contributed by atoms with Gasteiger partial charge in [0.05, 0.1) is 13.2 Å². The van der Waals surface area contributed by atoms with E-state index in [2.05, 4.69) is 22.3 Å². The summed E-state index contributed by atoms with van der Waals surface area (Å²) in [7, 11) is 0. The summed E-state index contributed by atoms with van der Waals surface area (Å²) in [6, 6.07) is 8.21. The normalized spacial score (nSPS) is 15.5. The minimum absolute atomic E-state index is 0.00581. The topological polar surface area (TPSA) is 41.6 Å². The van der Waals surface area contributed by atoms with Gasteiger partial charge in [-0.3, -0.25) is 4.79 Å². The van der Waals surface area contributed by atoms with Crippen molar-refractivity contribution in [1.29, 1.82) is 0 Å². The van der Waals surface area contributed by atoms with E-state index in [-0.39, 0.29) is 11.8 Å². The minimum Gasteiger partial charge on any atom is -0.378 e. The fourth-order valence-electron chi connectivity index (χ4n) is 1.89. The molecule has 0 spiro atoms. The van der Waals surface area contributed by atoms with Crippen molar-refractivity contribution in [3.8, 4) is 0 Å². The average molecular weight is 269 g/mol. The monoisotopic (exact) mass is 268 g/mol. The van der Waals surface area contributed by atoms with E-state index in [0.717, 1.165) is 31.9 Å². The number of carbonyl (C=O) groups is 1. The van der Waals surface area contributed by atoms with Gasteiger partial charge < -0.3 is 15.0 Å². The van der Waals surface area contributed by atoms with Gasteiger partial charge in [0, 0.05) is 25.3 Å². The number of hydrogen-bond acceptors (Lipinski definition) is 3. The maximum absolute atomic E-state index is 11.0. The van der Waals surface area contributed by atoms with Crippen LogP contribution in [0.15, 0.2) is 24.3 Å². The Morgan fingerprint density at radius 3 is 2.56 bits per heavy atom. The van der Waals surface area contributed by atoms with E-state index in [1.165, 1.54) is 5.69 Å². The number of nitrogens with one attached hydrogen (secondary N) is 1. The Morgan fingerprint density at radius 1 is 1.28 bits per heavy atom. The first-order valence-corrected chi connectivity index (χ1v) is 6.57. The maximum Gasteiger partial charge on any atom is 0.235 e. The number of anilines is 1. The summed E-state index contributed by atoms with van der Waals surface area (Å²) in [5.41, 5.74) is 2.27. The van der Waals surface area contributed by atoms with E-state index in [1.807, 2.05) is 12.1 Å². The van der Waals surface area contributed by atoms with Crippen LogP contribution in [-0.2, 0) is 16.1 Å². The Labute approximate surface area is 112 Å². The zero-order valence-electron chi connectivity index (χ0n) is 10.2. The third kappa shape index (κ3) is 3.62. The summed E-state index contributed by atoms with van der Waals surface area (Å²) >= 11 is 5.41. The first kappa shape index (κ1) is 13.2. The van der Waals surface area contributed by atoms with Gasteiger partial charge in [0.25, 0.3) is 0 Å². The van der Waals surface area contributed by atoms with E-state index in [4.69, 9.17) is 16.3 Å². The lowest BCUT2D eigenvalue weighted by Gasteiger charge is -2.28. The number of nitrogens with zero attached hydrogens (tertiary/aromatic N) is 1. The summed E-state index contributed by atoms with van der Waals surface area (Å²) in [6.07, 6.45) is 0. The Balaban J connectivity index is 1.90. The Bertz CT molecular complexity index is 388. The lowest BCUT2D eigenvalue weighted by atomic mass is 10.2. The molecule has 0 aromatic heterocycles. The van der Waals surface area contributed by atoms with Gasteiger partial charge in [0.2, 0.25) is 5.91 Å². The lowest BCUT2D eigenvalue weighted by molar-refractivity contribution is -0.118. The van der Waals surface area contributed by atoms with E-state index in [0.29, 0.717) is 6.54 Å². The van der Waals surface area contributed by atoms with Gasteiger partial charge in [0.15, 0.2) is 0 Å². The molecule has 1 N–H and O–H groups in total. The van der Waals surface area contributed by atoms with Crippen LogP contribution in [0, 0.1) is 0 Å². The molecule has 5 heteroatoms. The van der Waals surface area contributed by atoms with Crippen molar-refractivity contribution in [3.05, 3.63) is 29.8 Å². The van der Waals surface area contributed by atoms with Crippen molar-refractivity contribution >= 4 is 23.2 Å². The first-order valence-electron chi connectivity index (χ1n) is 6.04. The molecule has 4 nitrogen and oxygen atoms in total. The summed E-state index contributed by atoms with van der Waals surface area (Å²) < 4.78 is 5.32. The fraction of sp³-hybridized carbons (Fsp3) is 0.462. The molecule has 18 heavy (non-hydrogen) atoms. The van der Waals surface area contributed by atoms with Gasteiger partial charge >= 0.3 is 0 Å². The molecule has 1 saturated heterocycles. The van der Waals surface area contributed by atoms with Crippen LogP contribution < -0.4 is 10.2 Å². The molecular weight excluding hydrogens is 252 g/mol. The van der Waals surface area contributed by atoms with Crippen LogP contribution in [0.4, 0.5) is 5.69 Å². The molecule has 0 unspecified atom stereocenters. The number of alkyl halides is 1. The highest BCUT2D eigenvalue weighted by atomic mass is 35.5. The van der Waals surface area contributed by atoms with Crippen molar-refractivity contribution in [2.24, 2.45) is 0 Å². The smallest absolute Gasteiger partial charge is 0.235 e. The number of carbonyl (C=O) groups excluding carboxylic acids is 1. The maximum atomic E-state index is 11.0. The number of rotatable bonds is 4. The fourth-order valence-corrected chi connectivity index (χ4v) is 1.99. The van der Waals surface area contributed by atoms with Gasteiger partial charge in [0.1, 0.15) is 5.88 Å². The molecule has 0 radical (unpaired) electrons. The second-order valence-corrected chi connectivity index (χ2v) is 4.44. The second-order valence-electron chi connectivity index (χ2n) is 4.18. The van der Waals surface area contributed by atoms with Gasteiger partial charge in [-0.1, -0.05) is 12.1 Å². The second kappa shape index (κ2) is 6.61. The molecule has 0 atom stereocenters. The zero-order chi connectivity index (χ0) is 12.8. The van der Waals surface area contributed by atoms with Crippen LogP contribution in [0.5, 0.6) is 0 Å². The number of benzene rings is 1. The highest BCUT2D eigenvalue weighted by molar-refractivity contribution is 6.27. The van der Waals surface area contributed by atoms with Gasteiger partial charge in [-0.15, -0.1) is 11.6 Å². The molecule has 1 aliphatic rings. The average Bonchev–Trinajstić information content (AvgIpc) is 2.46. The van der Waals surface area contributed by atoms with E-state index < -0.39 is 0 Å². The minimum atomic E-state index is -0.145. The van der Waals surface area contributed by atoms with Gasteiger partial charge in [-0.2, -0.15) is 0 Å².